The van der Waals surface area contributed by atoms with Gasteiger partial charge in [0.2, 0.25) is 5.91 Å². The van der Waals surface area contributed by atoms with Crippen molar-refractivity contribution in [2.45, 2.75) is 118 Å². The maximum atomic E-state index is 13.3. The van der Waals surface area contributed by atoms with Crippen molar-refractivity contribution in [1.29, 1.82) is 0 Å². The molecule has 1 saturated heterocycles. The van der Waals surface area contributed by atoms with E-state index >= 15 is 0 Å². The Labute approximate surface area is 200 Å². The maximum Gasteiger partial charge on any atom is 0.481 e. The summed E-state index contributed by atoms with van der Waals surface area (Å²) in [6.07, 6.45) is 2.39. The summed E-state index contributed by atoms with van der Waals surface area (Å²) in [4.78, 5) is 25.7. The van der Waals surface area contributed by atoms with E-state index < -0.39 is 24.9 Å². The number of rotatable bonds is 7. The summed E-state index contributed by atoms with van der Waals surface area (Å²) in [6, 6.07) is -0.708. The normalized spacial score (nSPS) is 32.1. The summed E-state index contributed by atoms with van der Waals surface area (Å²) in [5.74, 6) is 0.853. The minimum Gasteiger partial charge on any atom is -0.444 e. The number of hydrogen-bond donors (Lipinski definition) is 2. The first-order chi connectivity index (χ1) is 15.0. The second-order valence-corrected chi connectivity index (χ2v) is 12.9. The predicted octanol–water partition coefficient (Wildman–Crippen LogP) is 4.33. The van der Waals surface area contributed by atoms with Crippen molar-refractivity contribution in [3.63, 3.8) is 0 Å². The van der Waals surface area contributed by atoms with Gasteiger partial charge >= 0.3 is 13.2 Å². The molecule has 0 aromatic carbocycles. The van der Waals surface area contributed by atoms with Gasteiger partial charge in [-0.2, -0.15) is 0 Å². The Balaban J connectivity index is 1.71. The van der Waals surface area contributed by atoms with E-state index in [1.807, 2.05) is 13.8 Å². The smallest absolute Gasteiger partial charge is 0.444 e. The molecule has 33 heavy (non-hydrogen) atoms. The van der Waals surface area contributed by atoms with Crippen molar-refractivity contribution in [3.05, 3.63) is 0 Å². The highest BCUT2D eigenvalue weighted by atomic mass is 16.7. The summed E-state index contributed by atoms with van der Waals surface area (Å²) >= 11 is 0. The maximum absolute atomic E-state index is 13.3. The first kappa shape index (κ1) is 26.3. The lowest BCUT2D eigenvalue weighted by Gasteiger charge is -2.64. The molecule has 7 nitrogen and oxygen atoms in total. The van der Waals surface area contributed by atoms with Gasteiger partial charge in [-0.3, -0.25) is 4.79 Å². The van der Waals surface area contributed by atoms with Gasteiger partial charge in [-0.05, 0) is 76.0 Å². The molecule has 1 aliphatic heterocycles. The molecule has 3 aliphatic carbocycles. The first-order valence-electron chi connectivity index (χ1n) is 12.7. The second kappa shape index (κ2) is 9.06. The lowest BCUT2D eigenvalue weighted by atomic mass is 9.43. The Morgan fingerprint density at radius 1 is 1.09 bits per heavy atom. The van der Waals surface area contributed by atoms with Crippen LogP contribution in [0.5, 0.6) is 0 Å². The molecule has 0 aromatic heterocycles. The number of carbonyl (C=O) groups excluding carboxylic acids is 2. The lowest BCUT2D eigenvalue weighted by molar-refractivity contribution is -0.199. The Hall–Kier alpha value is -1.28. The van der Waals surface area contributed by atoms with Gasteiger partial charge < -0.3 is 24.7 Å². The van der Waals surface area contributed by atoms with E-state index in [0.717, 1.165) is 12.8 Å². The molecular formula is C25H45BN2O5. The molecule has 2 bridgehead atoms. The zero-order valence-electron chi connectivity index (χ0n) is 22.3. The molecule has 1 heterocycles. The molecular weight excluding hydrogens is 419 g/mol. The van der Waals surface area contributed by atoms with E-state index in [1.54, 1.807) is 20.8 Å². The highest BCUT2D eigenvalue weighted by molar-refractivity contribution is 6.47. The third-order valence-electron chi connectivity index (χ3n) is 7.97. The van der Waals surface area contributed by atoms with E-state index in [4.69, 9.17) is 14.0 Å². The summed E-state index contributed by atoms with van der Waals surface area (Å²) in [5.41, 5.74) is -0.691. The van der Waals surface area contributed by atoms with E-state index in [9.17, 15) is 9.59 Å². The Morgan fingerprint density at radius 2 is 1.73 bits per heavy atom. The fourth-order valence-corrected chi connectivity index (χ4v) is 6.06. The molecule has 4 rings (SSSR count). The lowest BCUT2D eigenvalue weighted by Crippen LogP contribution is -2.65. The van der Waals surface area contributed by atoms with Crippen molar-refractivity contribution < 1.29 is 23.6 Å². The SMILES string of the molecule is CC(C)C[C@H](NC(=O)[C@H](NC(=O)OC(C)(C)C)C(C)C)B1O[C@@H]2C[C@@H]3C[C@@H](C3(C)C)[C@]2(C)O1. The van der Waals surface area contributed by atoms with Crippen LogP contribution in [0.25, 0.3) is 0 Å². The summed E-state index contributed by atoms with van der Waals surface area (Å²) in [7, 11) is -0.490. The molecule has 4 fully saturated rings. The zero-order valence-corrected chi connectivity index (χ0v) is 22.3. The van der Waals surface area contributed by atoms with Crippen molar-refractivity contribution in [3.8, 4) is 0 Å². The first-order valence-corrected chi connectivity index (χ1v) is 12.7. The Kier molecular flexibility index (Phi) is 7.23. The summed E-state index contributed by atoms with van der Waals surface area (Å²) < 4.78 is 18.5. The van der Waals surface area contributed by atoms with Crippen molar-refractivity contribution in [2.75, 3.05) is 0 Å². The monoisotopic (exact) mass is 464 g/mol. The zero-order chi connectivity index (χ0) is 24.9. The van der Waals surface area contributed by atoms with Crippen LogP contribution in [0.15, 0.2) is 0 Å². The van der Waals surface area contributed by atoms with Gasteiger partial charge in [-0.25, -0.2) is 4.79 Å². The molecule has 6 atom stereocenters. The van der Waals surface area contributed by atoms with Gasteiger partial charge in [0.25, 0.3) is 0 Å². The van der Waals surface area contributed by atoms with Crippen LogP contribution in [-0.2, 0) is 18.8 Å². The highest BCUT2D eigenvalue weighted by Gasteiger charge is 2.68. The number of carbonyl (C=O) groups is 2. The van der Waals surface area contributed by atoms with E-state index in [2.05, 4.69) is 45.3 Å². The van der Waals surface area contributed by atoms with E-state index in [-0.39, 0.29) is 34.9 Å². The standard InChI is InChI=1S/C25H45BN2O5/c1-14(2)11-19(27-21(29)20(15(3)4)28-22(30)31-23(5,6)7)26-32-18-13-16-12-17(24(16,8)9)25(18,10)33-26/h14-20H,11-13H2,1-10H3,(H,27,29)(H,28,30)/t16-,17-,18+,19-,20+,25-/m0/s1. The van der Waals surface area contributed by atoms with Crippen molar-refractivity contribution >= 4 is 19.1 Å². The number of nitrogens with one attached hydrogen (secondary N) is 2. The van der Waals surface area contributed by atoms with Crippen LogP contribution >= 0.6 is 0 Å². The Bertz CT molecular complexity index is 750. The average molecular weight is 464 g/mol. The number of amides is 2. The molecule has 8 heteroatoms. The summed E-state index contributed by atoms with van der Waals surface area (Å²) in [6.45, 7) is 20.3. The molecule has 4 aliphatic rings. The van der Waals surface area contributed by atoms with E-state index in [1.165, 1.54) is 6.42 Å². The molecule has 188 valence electrons. The van der Waals surface area contributed by atoms with Crippen LogP contribution in [0.3, 0.4) is 0 Å². The molecule has 0 radical (unpaired) electrons. The molecule has 2 N–H and O–H groups in total. The third kappa shape index (κ3) is 5.37. The fraction of sp³-hybridized carbons (Fsp3) is 0.920. The van der Waals surface area contributed by atoms with Crippen LogP contribution in [0.1, 0.15) is 88.5 Å². The van der Waals surface area contributed by atoms with Gasteiger partial charge in [0.15, 0.2) is 0 Å². The van der Waals surface area contributed by atoms with Crippen LogP contribution in [0, 0.1) is 29.1 Å². The molecule has 0 unspecified atom stereocenters. The van der Waals surface area contributed by atoms with Crippen LogP contribution < -0.4 is 10.6 Å². The molecule has 0 spiro atoms. The average Bonchev–Trinajstić information content (AvgIpc) is 3.00. The number of ether oxygens (including phenoxy) is 1. The minimum absolute atomic E-state index is 0.0617. The van der Waals surface area contributed by atoms with Crippen LogP contribution in [-0.4, -0.2) is 48.4 Å². The van der Waals surface area contributed by atoms with Crippen LogP contribution in [0.4, 0.5) is 4.79 Å². The number of alkyl carbamates (subject to hydrolysis) is 1. The number of hydrogen-bond acceptors (Lipinski definition) is 5. The highest BCUT2D eigenvalue weighted by Crippen LogP contribution is 2.65. The minimum atomic E-state index is -0.708. The van der Waals surface area contributed by atoms with Gasteiger partial charge in [-0.1, -0.05) is 41.5 Å². The van der Waals surface area contributed by atoms with Crippen molar-refractivity contribution in [2.24, 2.45) is 29.1 Å². The fourth-order valence-electron chi connectivity index (χ4n) is 6.06. The van der Waals surface area contributed by atoms with Gasteiger partial charge in [0, 0.05) is 0 Å². The Morgan fingerprint density at radius 3 is 2.24 bits per heavy atom. The summed E-state index contributed by atoms with van der Waals surface area (Å²) in [5, 5.41) is 5.91. The predicted molar refractivity (Wildman–Crippen MR) is 129 cm³/mol. The topological polar surface area (TPSA) is 85.9 Å². The quantitative estimate of drug-likeness (QED) is 0.548. The molecule has 0 aromatic rings. The van der Waals surface area contributed by atoms with Crippen molar-refractivity contribution in [1.82, 2.24) is 10.6 Å². The van der Waals surface area contributed by atoms with E-state index in [0.29, 0.717) is 17.8 Å². The molecule has 2 amide bonds. The van der Waals surface area contributed by atoms with Gasteiger partial charge in [-0.15, -0.1) is 0 Å². The largest absolute Gasteiger partial charge is 0.481 e. The second-order valence-electron chi connectivity index (χ2n) is 12.9. The molecule has 3 saturated carbocycles. The van der Waals surface area contributed by atoms with Crippen LogP contribution in [0.2, 0.25) is 0 Å². The van der Waals surface area contributed by atoms with Gasteiger partial charge in [0.1, 0.15) is 11.6 Å². The van der Waals surface area contributed by atoms with Gasteiger partial charge in [0.05, 0.1) is 17.6 Å². The third-order valence-corrected chi connectivity index (χ3v) is 7.97.